The summed E-state index contributed by atoms with van der Waals surface area (Å²) >= 11 is 6.08. The van der Waals surface area contributed by atoms with Crippen LogP contribution in [-0.4, -0.2) is 48.7 Å². The Morgan fingerprint density at radius 3 is 2.55 bits per heavy atom. The zero-order valence-corrected chi connectivity index (χ0v) is 22.4. The molecule has 0 aromatic heterocycles. The van der Waals surface area contributed by atoms with Gasteiger partial charge in [0.15, 0.2) is 0 Å². The largest absolute Gasteiger partial charge is 0.390 e. The Kier molecular flexibility index (Phi) is 9.76. The van der Waals surface area contributed by atoms with Gasteiger partial charge in [0.1, 0.15) is 0 Å². The first kappa shape index (κ1) is 27.6. The van der Waals surface area contributed by atoms with Crippen LogP contribution in [0.5, 0.6) is 0 Å². The minimum Gasteiger partial charge on any atom is -0.390 e. The standard InChI is InChI=1S/C30H35ClN4O3/c1-2-33-25-16-23(17-26(18-25)35-13-7-12-29(35)37)30(38)34-27(15-21-8-4-3-5-9-21)28(36)20-32-19-22-10-6-11-24(31)14-22/h3-6,8-11,14,16-18,27-28,32-33,36H,2,7,12-13,15,19-20H2,1H3,(H,34,38)/t27-,28-/m0/s1. The summed E-state index contributed by atoms with van der Waals surface area (Å²) in [6, 6.07) is 22.2. The Bertz CT molecular complexity index is 1240. The normalized spacial score (nSPS) is 14.8. The van der Waals surface area contributed by atoms with Gasteiger partial charge in [-0.3, -0.25) is 9.59 Å². The van der Waals surface area contributed by atoms with Gasteiger partial charge in [-0.15, -0.1) is 0 Å². The quantitative estimate of drug-likeness (QED) is 0.276. The lowest BCUT2D eigenvalue weighted by Gasteiger charge is -2.25. The Morgan fingerprint density at radius 1 is 1.05 bits per heavy atom. The van der Waals surface area contributed by atoms with Gasteiger partial charge in [-0.2, -0.15) is 0 Å². The molecule has 2 atom stereocenters. The molecule has 4 rings (SSSR count). The molecule has 7 nitrogen and oxygen atoms in total. The van der Waals surface area contributed by atoms with E-state index in [-0.39, 0.29) is 18.4 Å². The second kappa shape index (κ2) is 13.4. The van der Waals surface area contributed by atoms with Crippen molar-refractivity contribution in [1.29, 1.82) is 0 Å². The number of benzene rings is 3. The number of nitrogens with one attached hydrogen (secondary N) is 3. The molecule has 0 saturated carbocycles. The predicted octanol–water partition coefficient (Wildman–Crippen LogP) is 4.39. The van der Waals surface area contributed by atoms with E-state index >= 15 is 0 Å². The van der Waals surface area contributed by atoms with Crippen molar-refractivity contribution in [2.75, 3.05) is 29.9 Å². The molecule has 1 heterocycles. The fourth-order valence-corrected chi connectivity index (χ4v) is 4.89. The highest BCUT2D eigenvalue weighted by Gasteiger charge is 2.25. The molecule has 38 heavy (non-hydrogen) atoms. The molecule has 8 heteroatoms. The number of hydrogen-bond acceptors (Lipinski definition) is 5. The van der Waals surface area contributed by atoms with Crippen LogP contribution in [0.2, 0.25) is 5.02 Å². The molecule has 0 unspecified atom stereocenters. The number of aliphatic hydroxyl groups excluding tert-OH is 1. The van der Waals surface area contributed by atoms with Crippen LogP contribution in [0.15, 0.2) is 72.8 Å². The smallest absolute Gasteiger partial charge is 0.251 e. The molecule has 0 spiro atoms. The van der Waals surface area contributed by atoms with Gasteiger partial charge >= 0.3 is 0 Å². The lowest BCUT2D eigenvalue weighted by molar-refractivity contribution is -0.117. The Hall–Kier alpha value is -3.39. The van der Waals surface area contributed by atoms with Crippen LogP contribution in [0.3, 0.4) is 0 Å². The van der Waals surface area contributed by atoms with Crippen LogP contribution in [0.25, 0.3) is 0 Å². The van der Waals surface area contributed by atoms with Crippen molar-refractivity contribution in [3.63, 3.8) is 0 Å². The van der Waals surface area contributed by atoms with Crippen LogP contribution in [-0.2, 0) is 17.8 Å². The van der Waals surface area contributed by atoms with Crippen molar-refractivity contribution in [2.45, 2.75) is 44.9 Å². The topological polar surface area (TPSA) is 93.7 Å². The zero-order valence-electron chi connectivity index (χ0n) is 21.6. The maximum atomic E-state index is 13.5. The van der Waals surface area contributed by atoms with Crippen LogP contribution in [0.1, 0.15) is 41.3 Å². The first-order valence-electron chi connectivity index (χ1n) is 13.1. The third kappa shape index (κ3) is 7.57. The molecule has 1 saturated heterocycles. The minimum atomic E-state index is -0.838. The number of aliphatic hydroxyl groups is 1. The van der Waals surface area contributed by atoms with Gasteiger partial charge in [0.25, 0.3) is 5.91 Å². The highest BCUT2D eigenvalue weighted by Crippen LogP contribution is 2.27. The van der Waals surface area contributed by atoms with Crippen molar-refractivity contribution in [3.05, 3.63) is 94.5 Å². The van der Waals surface area contributed by atoms with Gasteiger partial charge in [0.05, 0.1) is 12.1 Å². The van der Waals surface area contributed by atoms with E-state index in [0.717, 1.165) is 23.2 Å². The molecule has 200 valence electrons. The van der Waals surface area contributed by atoms with Crippen LogP contribution in [0, 0.1) is 0 Å². The van der Waals surface area contributed by atoms with Gasteiger partial charge in [-0.1, -0.05) is 54.1 Å². The second-order valence-corrected chi connectivity index (χ2v) is 9.98. The number of carbonyl (C=O) groups excluding carboxylic acids is 2. The molecule has 1 aliphatic heterocycles. The molecule has 1 aliphatic rings. The molecule has 0 radical (unpaired) electrons. The molecular formula is C30H35ClN4O3. The highest BCUT2D eigenvalue weighted by atomic mass is 35.5. The molecule has 4 N–H and O–H groups in total. The Labute approximate surface area is 229 Å². The van der Waals surface area contributed by atoms with Crippen molar-refractivity contribution >= 4 is 34.8 Å². The number of nitrogens with zero attached hydrogens (tertiary/aromatic N) is 1. The molecular weight excluding hydrogens is 500 g/mol. The summed E-state index contributed by atoms with van der Waals surface area (Å²) in [6.07, 6.45) is 0.950. The molecule has 3 aromatic carbocycles. The van der Waals surface area contributed by atoms with E-state index in [4.69, 9.17) is 11.6 Å². The predicted molar refractivity (Wildman–Crippen MR) is 153 cm³/mol. The summed E-state index contributed by atoms with van der Waals surface area (Å²) in [5, 5.41) is 21.4. The summed E-state index contributed by atoms with van der Waals surface area (Å²) in [5.74, 6) is -0.236. The third-order valence-corrected chi connectivity index (χ3v) is 6.83. The van der Waals surface area contributed by atoms with Gasteiger partial charge < -0.3 is 26.0 Å². The number of rotatable bonds is 12. The summed E-state index contributed by atoms with van der Waals surface area (Å²) in [7, 11) is 0. The Balaban J connectivity index is 1.50. The maximum absolute atomic E-state index is 13.5. The molecule has 0 aliphatic carbocycles. The van der Waals surface area contributed by atoms with Crippen LogP contribution in [0.4, 0.5) is 11.4 Å². The van der Waals surface area contributed by atoms with Gasteiger partial charge in [0, 0.05) is 54.6 Å². The van der Waals surface area contributed by atoms with Gasteiger partial charge in [-0.25, -0.2) is 0 Å². The maximum Gasteiger partial charge on any atom is 0.251 e. The fraction of sp³-hybridized carbons (Fsp3) is 0.333. The van der Waals surface area contributed by atoms with Crippen LogP contribution < -0.4 is 20.9 Å². The van der Waals surface area contributed by atoms with E-state index in [9.17, 15) is 14.7 Å². The number of carbonyl (C=O) groups is 2. The fourth-order valence-electron chi connectivity index (χ4n) is 4.68. The molecule has 0 bridgehead atoms. The van der Waals surface area contributed by atoms with E-state index in [2.05, 4.69) is 16.0 Å². The van der Waals surface area contributed by atoms with Crippen molar-refractivity contribution in [2.24, 2.45) is 0 Å². The van der Waals surface area contributed by atoms with E-state index in [1.54, 1.807) is 17.0 Å². The zero-order chi connectivity index (χ0) is 26.9. The van der Waals surface area contributed by atoms with Gasteiger partial charge in [-0.05, 0) is 61.2 Å². The number of anilines is 2. The summed E-state index contributed by atoms with van der Waals surface area (Å²) in [6.45, 7) is 4.14. The second-order valence-electron chi connectivity index (χ2n) is 9.55. The number of amides is 2. The lowest BCUT2D eigenvalue weighted by Crippen LogP contribution is -2.48. The van der Waals surface area contributed by atoms with Gasteiger partial charge in [0.2, 0.25) is 5.91 Å². The minimum absolute atomic E-state index is 0.0631. The van der Waals surface area contributed by atoms with E-state index in [1.807, 2.05) is 67.6 Å². The molecule has 2 amide bonds. The SMILES string of the molecule is CCNc1cc(C(=O)N[C@@H](Cc2ccccc2)[C@@H](O)CNCc2cccc(Cl)c2)cc(N2CCCC2=O)c1. The first-order chi connectivity index (χ1) is 18.4. The van der Waals surface area contributed by atoms with Crippen molar-refractivity contribution in [1.82, 2.24) is 10.6 Å². The van der Waals surface area contributed by atoms with Crippen LogP contribution >= 0.6 is 11.6 Å². The summed E-state index contributed by atoms with van der Waals surface area (Å²) in [5.41, 5.74) is 3.95. The number of hydrogen-bond donors (Lipinski definition) is 4. The average Bonchev–Trinajstić information content (AvgIpc) is 3.34. The molecule has 1 fully saturated rings. The first-order valence-corrected chi connectivity index (χ1v) is 13.5. The van der Waals surface area contributed by atoms with Crippen molar-refractivity contribution < 1.29 is 14.7 Å². The summed E-state index contributed by atoms with van der Waals surface area (Å²) in [4.78, 5) is 27.6. The van der Waals surface area contributed by atoms with E-state index in [1.165, 1.54) is 0 Å². The number of halogens is 1. The lowest BCUT2D eigenvalue weighted by atomic mass is 10.00. The Morgan fingerprint density at radius 2 is 1.84 bits per heavy atom. The summed E-state index contributed by atoms with van der Waals surface area (Å²) < 4.78 is 0. The monoisotopic (exact) mass is 534 g/mol. The third-order valence-electron chi connectivity index (χ3n) is 6.60. The highest BCUT2D eigenvalue weighted by molar-refractivity contribution is 6.30. The van der Waals surface area contributed by atoms with E-state index in [0.29, 0.717) is 48.7 Å². The molecule has 3 aromatic rings. The average molecular weight is 535 g/mol. The van der Waals surface area contributed by atoms with Crippen molar-refractivity contribution in [3.8, 4) is 0 Å². The van der Waals surface area contributed by atoms with E-state index < -0.39 is 12.1 Å².